The lowest BCUT2D eigenvalue weighted by molar-refractivity contribution is 0.0927. The van der Waals surface area contributed by atoms with Crippen molar-refractivity contribution < 1.29 is 9.90 Å². The third kappa shape index (κ3) is 2.63. The molecular formula is C23H21N3O3. The average Bonchev–Trinajstić information content (AvgIpc) is 3.12. The van der Waals surface area contributed by atoms with Gasteiger partial charge in [0.05, 0.1) is 11.6 Å². The second-order valence-corrected chi connectivity index (χ2v) is 7.59. The van der Waals surface area contributed by atoms with Gasteiger partial charge in [-0.15, -0.1) is 0 Å². The van der Waals surface area contributed by atoms with Crippen LogP contribution < -0.4 is 10.9 Å². The Morgan fingerprint density at radius 3 is 2.69 bits per heavy atom. The Balaban J connectivity index is 1.57. The monoisotopic (exact) mass is 387 g/mol. The van der Waals surface area contributed by atoms with Crippen LogP contribution in [0.2, 0.25) is 0 Å². The van der Waals surface area contributed by atoms with Crippen LogP contribution in [0.15, 0.2) is 53.3 Å². The van der Waals surface area contributed by atoms with Crippen LogP contribution in [-0.4, -0.2) is 20.6 Å². The van der Waals surface area contributed by atoms with Crippen LogP contribution in [-0.2, 0) is 13.5 Å². The maximum absolute atomic E-state index is 13.1. The van der Waals surface area contributed by atoms with Gasteiger partial charge in [-0.25, -0.2) is 0 Å². The molecule has 0 spiro atoms. The first-order chi connectivity index (χ1) is 14.1. The van der Waals surface area contributed by atoms with Crippen LogP contribution in [0.3, 0.4) is 0 Å². The fourth-order valence-corrected chi connectivity index (χ4v) is 4.47. The van der Waals surface area contributed by atoms with Crippen molar-refractivity contribution in [2.24, 2.45) is 7.05 Å². The molecule has 0 fully saturated rings. The molecule has 1 amide bonds. The summed E-state index contributed by atoms with van der Waals surface area (Å²) < 4.78 is 1.40. The first-order valence-electron chi connectivity index (χ1n) is 9.77. The number of aryl methyl sites for hydroxylation is 2. The summed E-state index contributed by atoms with van der Waals surface area (Å²) >= 11 is 0. The van der Waals surface area contributed by atoms with Crippen LogP contribution in [0, 0.1) is 0 Å². The number of aromatic amines is 1. The molecule has 0 bridgehead atoms. The van der Waals surface area contributed by atoms with E-state index in [1.807, 2.05) is 18.2 Å². The van der Waals surface area contributed by atoms with E-state index in [1.54, 1.807) is 31.3 Å². The van der Waals surface area contributed by atoms with Crippen molar-refractivity contribution in [3.05, 3.63) is 75.7 Å². The molecule has 0 aliphatic heterocycles. The maximum atomic E-state index is 13.1. The summed E-state index contributed by atoms with van der Waals surface area (Å²) in [4.78, 5) is 29.3. The van der Waals surface area contributed by atoms with E-state index in [1.165, 1.54) is 15.5 Å². The Morgan fingerprint density at radius 1 is 1.14 bits per heavy atom. The molecule has 5 rings (SSSR count). The minimum atomic E-state index is -0.551. The average molecular weight is 387 g/mol. The minimum absolute atomic E-state index is 0.213. The number of nitrogens with zero attached hydrogens (tertiary/aromatic N) is 1. The number of hydrogen-bond donors (Lipinski definition) is 3. The molecule has 6 nitrogen and oxygen atoms in total. The van der Waals surface area contributed by atoms with Gasteiger partial charge in [0.15, 0.2) is 0 Å². The molecule has 1 aliphatic rings. The van der Waals surface area contributed by atoms with Gasteiger partial charge in [0.1, 0.15) is 11.3 Å². The van der Waals surface area contributed by atoms with Crippen LogP contribution in [0.25, 0.3) is 21.8 Å². The highest BCUT2D eigenvalue weighted by Crippen LogP contribution is 2.35. The van der Waals surface area contributed by atoms with Crippen molar-refractivity contribution in [3.63, 3.8) is 0 Å². The highest BCUT2D eigenvalue weighted by molar-refractivity contribution is 6.02. The maximum Gasteiger partial charge on any atom is 0.267 e. The molecule has 3 N–H and O–H groups in total. The van der Waals surface area contributed by atoms with Gasteiger partial charge in [0.25, 0.3) is 11.5 Å². The van der Waals surface area contributed by atoms with Gasteiger partial charge < -0.3 is 20.0 Å². The third-order valence-electron chi connectivity index (χ3n) is 5.92. The number of amides is 1. The lowest BCUT2D eigenvalue weighted by atomic mass is 9.91. The highest BCUT2D eigenvalue weighted by Gasteiger charge is 2.28. The lowest BCUT2D eigenvalue weighted by Gasteiger charge is -2.24. The van der Waals surface area contributed by atoms with Crippen molar-refractivity contribution in [3.8, 4) is 5.75 Å². The number of carbonyl (C=O) groups is 1. The fraction of sp³-hybridized carbons (Fsp3) is 0.217. The zero-order valence-corrected chi connectivity index (χ0v) is 16.0. The molecule has 2 heterocycles. The van der Waals surface area contributed by atoms with E-state index < -0.39 is 11.5 Å². The smallest absolute Gasteiger partial charge is 0.267 e. The lowest BCUT2D eigenvalue weighted by Crippen LogP contribution is -2.36. The van der Waals surface area contributed by atoms with Crippen molar-refractivity contribution >= 4 is 27.7 Å². The topological polar surface area (TPSA) is 87.1 Å². The third-order valence-corrected chi connectivity index (χ3v) is 5.92. The summed E-state index contributed by atoms with van der Waals surface area (Å²) in [7, 11) is 1.61. The molecule has 0 saturated carbocycles. The molecule has 1 atom stereocenters. The molecule has 2 aromatic heterocycles. The number of para-hydroxylation sites is 2. The molecule has 0 unspecified atom stereocenters. The zero-order chi connectivity index (χ0) is 20.1. The van der Waals surface area contributed by atoms with Gasteiger partial charge >= 0.3 is 0 Å². The molecule has 6 heteroatoms. The number of hydrogen-bond acceptors (Lipinski definition) is 3. The SMILES string of the molecule is Cn1c(=O)c(C(=O)N[C@H]2CCCc3c2[nH]c2ccccc32)c(O)c2ccccc21. The number of fused-ring (bicyclic) bond motifs is 4. The fourth-order valence-electron chi connectivity index (χ4n) is 4.47. The van der Waals surface area contributed by atoms with Gasteiger partial charge in [-0.1, -0.05) is 30.3 Å². The molecular weight excluding hydrogens is 366 g/mol. The Kier molecular flexibility index (Phi) is 3.94. The number of pyridine rings is 1. The Morgan fingerprint density at radius 2 is 1.86 bits per heavy atom. The van der Waals surface area contributed by atoms with Crippen LogP contribution in [0.4, 0.5) is 0 Å². The molecule has 29 heavy (non-hydrogen) atoms. The summed E-state index contributed by atoms with van der Waals surface area (Å²) in [6.45, 7) is 0. The summed E-state index contributed by atoms with van der Waals surface area (Å²) in [6, 6.07) is 14.9. The van der Waals surface area contributed by atoms with Crippen LogP contribution in [0.1, 0.15) is 40.5 Å². The van der Waals surface area contributed by atoms with E-state index in [9.17, 15) is 14.7 Å². The first kappa shape index (κ1) is 17.6. The predicted octanol–water partition coefficient (Wildman–Crippen LogP) is 3.53. The molecule has 1 aliphatic carbocycles. The first-order valence-corrected chi connectivity index (χ1v) is 9.77. The van der Waals surface area contributed by atoms with Gasteiger partial charge in [-0.05, 0) is 43.0 Å². The zero-order valence-electron chi connectivity index (χ0n) is 16.0. The number of carbonyl (C=O) groups excluding carboxylic acids is 1. The highest BCUT2D eigenvalue weighted by atomic mass is 16.3. The summed E-state index contributed by atoms with van der Waals surface area (Å²) in [5.41, 5.74) is 3.11. The number of nitrogens with one attached hydrogen (secondary N) is 2. The van der Waals surface area contributed by atoms with E-state index in [4.69, 9.17) is 0 Å². The molecule has 2 aromatic carbocycles. The second-order valence-electron chi connectivity index (χ2n) is 7.59. The minimum Gasteiger partial charge on any atom is -0.506 e. The van der Waals surface area contributed by atoms with E-state index in [2.05, 4.69) is 16.4 Å². The Hall–Kier alpha value is -3.54. The van der Waals surface area contributed by atoms with Gasteiger partial charge in [-0.2, -0.15) is 0 Å². The summed E-state index contributed by atoms with van der Waals surface area (Å²) in [5.74, 6) is -0.820. The number of benzene rings is 2. The summed E-state index contributed by atoms with van der Waals surface area (Å²) in [6.07, 6.45) is 2.68. The van der Waals surface area contributed by atoms with E-state index >= 15 is 0 Å². The van der Waals surface area contributed by atoms with Crippen molar-refractivity contribution in [2.45, 2.75) is 25.3 Å². The van der Waals surface area contributed by atoms with Crippen molar-refractivity contribution in [1.82, 2.24) is 14.9 Å². The quantitative estimate of drug-likeness (QED) is 0.492. The van der Waals surface area contributed by atoms with Gasteiger partial charge in [0.2, 0.25) is 0 Å². The summed E-state index contributed by atoms with van der Waals surface area (Å²) in [5, 5.41) is 15.3. The number of aromatic hydroxyl groups is 1. The van der Waals surface area contributed by atoms with Gasteiger partial charge in [-0.3, -0.25) is 9.59 Å². The molecule has 146 valence electrons. The second kappa shape index (κ2) is 6.51. The number of aromatic nitrogens is 2. The number of rotatable bonds is 2. The van der Waals surface area contributed by atoms with Crippen LogP contribution in [0.5, 0.6) is 5.75 Å². The van der Waals surface area contributed by atoms with Crippen molar-refractivity contribution in [1.29, 1.82) is 0 Å². The number of H-pyrrole nitrogens is 1. The predicted molar refractivity (Wildman–Crippen MR) is 112 cm³/mol. The van der Waals surface area contributed by atoms with E-state index in [-0.39, 0.29) is 17.4 Å². The molecule has 0 radical (unpaired) electrons. The van der Waals surface area contributed by atoms with Crippen molar-refractivity contribution in [2.75, 3.05) is 0 Å². The van der Waals surface area contributed by atoms with Crippen LogP contribution >= 0.6 is 0 Å². The molecule has 0 saturated heterocycles. The Labute approximate surface area is 166 Å². The van der Waals surface area contributed by atoms with Gasteiger partial charge in [0, 0.05) is 29.0 Å². The largest absolute Gasteiger partial charge is 0.506 e. The van der Waals surface area contributed by atoms with E-state index in [0.29, 0.717) is 10.9 Å². The molecule has 4 aromatic rings. The Bertz CT molecular complexity index is 1330. The standard InChI is InChI=1S/C23H21N3O3/c1-26-18-12-5-3-8-15(18)21(27)19(23(26)29)22(28)25-17-11-6-9-14-13-7-2-4-10-16(13)24-20(14)17/h2-5,7-8,10,12,17,24,27H,6,9,11H2,1H3,(H,25,28)/t17-/m0/s1. The normalized spacial score (nSPS) is 16.1. The van der Waals surface area contributed by atoms with E-state index in [0.717, 1.165) is 30.5 Å².